The maximum atomic E-state index is 14.3. The maximum Gasteiger partial charge on any atom is 0.416 e. The van der Waals surface area contributed by atoms with Crippen molar-refractivity contribution in [3.8, 4) is 11.1 Å². The van der Waals surface area contributed by atoms with E-state index in [-0.39, 0.29) is 29.2 Å². The SMILES string of the molecule is CN1CC(C(=O)O)n2c(c(-c3cccc(C(F)(F)F)c3)c(Cc3cccc4ccccc34)c(Nc3ccccc3)c2=O)S1. The van der Waals surface area contributed by atoms with Gasteiger partial charge in [0.2, 0.25) is 0 Å². The van der Waals surface area contributed by atoms with E-state index < -0.39 is 29.3 Å². The lowest BCUT2D eigenvalue weighted by molar-refractivity contribution is -0.141. The summed E-state index contributed by atoms with van der Waals surface area (Å²) in [5.41, 5.74) is 1.26. The summed E-state index contributed by atoms with van der Waals surface area (Å²) in [6.45, 7) is 0.0301. The molecule has 0 amide bonds. The van der Waals surface area contributed by atoms with Gasteiger partial charge in [0.05, 0.1) is 5.56 Å². The summed E-state index contributed by atoms with van der Waals surface area (Å²) in [5.74, 6) is -1.21. The molecule has 43 heavy (non-hydrogen) atoms. The lowest BCUT2D eigenvalue weighted by atomic mass is 9.91. The number of carbonyl (C=O) groups is 1. The fourth-order valence-electron chi connectivity index (χ4n) is 5.54. The smallest absolute Gasteiger partial charge is 0.416 e. The first-order valence-electron chi connectivity index (χ1n) is 13.5. The predicted molar refractivity (Wildman–Crippen MR) is 163 cm³/mol. The summed E-state index contributed by atoms with van der Waals surface area (Å²) in [4.78, 5) is 26.8. The zero-order chi connectivity index (χ0) is 30.3. The molecule has 1 aliphatic rings. The van der Waals surface area contributed by atoms with Crippen molar-refractivity contribution in [2.24, 2.45) is 0 Å². The Bertz CT molecular complexity index is 1900. The van der Waals surface area contributed by atoms with Crippen molar-refractivity contribution in [2.75, 3.05) is 18.9 Å². The van der Waals surface area contributed by atoms with Crippen LogP contribution in [0.3, 0.4) is 0 Å². The van der Waals surface area contributed by atoms with E-state index in [2.05, 4.69) is 5.32 Å². The molecule has 1 atom stereocenters. The summed E-state index contributed by atoms with van der Waals surface area (Å²) in [5, 5.41) is 15.6. The Morgan fingerprint density at radius 3 is 2.42 bits per heavy atom. The zero-order valence-electron chi connectivity index (χ0n) is 22.9. The number of rotatable bonds is 6. The van der Waals surface area contributed by atoms with E-state index in [0.717, 1.165) is 40.4 Å². The Labute approximate surface area is 249 Å². The molecule has 2 N–H and O–H groups in total. The van der Waals surface area contributed by atoms with Crippen LogP contribution in [0.25, 0.3) is 21.9 Å². The number of likely N-dealkylation sites (N-methyl/N-ethyl adjacent to an activating group) is 1. The number of fused-ring (bicyclic) bond motifs is 2. The summed E-state index contributed by atoms with van der Waals surface area (Å²) in [6, 6.07) is 26.2. The molecule has 0 radical (unpaired) electrons. The van der Waals surface area contributed by atoms with Crippen molar-refractivity contribution in [3.05, 3.63) is 124 Å². The number of hydrogen-bond acceptors (Lipinski definition) is 5. The number of pyridine rings is 1. The second-order valence-electron chi connectivity index (χ2n) is 10.3. The first-order valence-corrected chi connectivity index (χ1v) is 14.3. The van der Waals surface area contributed by atoms with Crippen LogP contribution in [0.2, 0.25) is 0 Å². The topological polar surface area (TPSA) is 74.6 Å². The first kappa shape index (κ1) is 28.6. The average molecular weight is 602 g/mol. The lowest BCUT2D eigenvalue weighted by Gasteiger charge is -2.34. The van der Waals surface area contributed by atoms with E-state index in [0.29, 0.717) is 16.8 Å². The second-order valence-corrected chi connectivity index (χ2v) is 11.5. The fourth-order valence-corrected chi connectivity index (χ4v) is 6.69. The molecule has 10 heteroatoms. The molecular weight excluding hydrogens is 575 g/mol. The number of hydrogen-bond donors (Lipinski definition) is 2. The summed E-state index contributed by atoms with van der Waals surface area (Å²) in [7, 11) is 1.70. The highest BCUT2D eigenvalue weighted by Crippen LogP contribution is 2.44. The van der Waals surface area contributed by atoms with Gasteiger partial charge < -0.3 is 10.4 Å². The summed E-state index contributed by atoms with van der Waals surface area (Å²) in [6.07, 6.45) is -4.40. The van der Waals surface area contributed by atoms with Crippen molar-refractivity contribution >= 4 is 40.1 Å². The van der Waals surface area contributed by atoms with Gasteiger partial charge in [0.1, 0.15) is 16.8 Å². The zero-order valence-corrected chi connectivity index (χ0v) is 23.7. The van der Waals surface area contributed by atoms with Gasteiger partial charge in [-0.15, -0.1) is 0 Å². The molecule has 1 aromatic heterocycles. The van der Waals surface area contributed by atoms with E-state index >= 15 is 0 Å². The van der Waals surface area contributed by atoms with Crippen LogP contribution < -0.4 is 10.9 Å². The van der Waals surface area contributed by atoms with E-state index in [1.165, 1.54) is 10.6 Å². The third-order valence-electron chi connectivity index (χ3n) is 7.51. The molecule has 6 rings (SSSR count). The number of aliphatic carboxylic acids is 1. The molecule has 0 spiro atoms. The minimum Gasteiger partial charge on any atom is -0.480 e. The van der Waals surface area contributed by atoms with Crippen molar-refractivity contribution < 1.29 is 23.1 Å². The van der Waals surface area contributed by atoms with Crippen LogP contribution >= 0.6 is 11.9 Å². The van der Waals surface area contributed by atoms with Gasteiger partial charge in [-0.25, -0.2) is 9.10 Å². The quantitative estimate of drug-likeness (QED) is 0.195. The van der Waals surface area contributed by atoms with E-state index in [1.54, 1.807) is 41.7 Å². The minimum absolute atomic E-state index is 0.0301. The molecule has 0 bridgehead atoms. The van der Waals surface area contributed by atoms with Crippen LogP contribution in [0, 0.1) is 0 Å². The van der Waals surface area contributed by atoms with Gasteiger partial charge in [-0.3, -0.25) is 9.36 Å². The molecule has 0 saturated heterocycles. The molecule has 6 nitrogen and oxygen atoms in total. The monoisotopic (exact) mass is 601 g/mol. The number of halogens is 3. The molecule has 0 aliphatic carbocycles. The normalized spacial score (nSPS) is 15.3. The number of nitrogens with one attached hydrogen (secondary N) is 1. The molecule has 0 fully saturated rings. The van der Waals surface area contributed by atoms with Crippen LogP contribution in [0.4, 0.5) is 24.5 Å². The van der Waals surface area contributed by atoms with Gasteiger partial charge >= 0.3 is 12.1 Å². The lowest BCUT2D eigenvalue weighted by Crippen LogP contribution is -2.42. The standard InChI is InChI=1S/C33H26F3N3O3S/c1-38-19-27(32(41)42)39-30(40)29(37-24-14-3-2-4-15-24)26(18-21-11-7-10-20-9-5-6-16-25(20)21)28(31(39)43-38)22-12-8-13-23(17-22)33(34,35)36/h2-17,27,37H,18-19H2,1H3,(H,41,42). The van der Waals surface area contributed by atoms with E-state index in [9.17, 15) is 27.9 Å². The number of carboxylic acids is 1. The predicted octanol–water partition coefficient (Wildman–Crippen LogP) is 7.60. The number of alkyl halides is 3. The molecule has 2 heterocycles. The largest absolute Gasteiger partial charge is 0.480 e. The van der Waals surface area contributed by atoms with Crippen molar-refractivity contribution in [3.63, 3.8) is 0 Å². The molecule has 1 unspecified atom stereocenters. The van der Waals surface area contributed by atoms with Crippen LogP contribution in [0.5, 0.6) is 0 Å². The first-order chi connectivity index (χ1) is 20.6. The Balaban J connectivity index is 1.72. The van der Waals surface area contributed by atoms with E-state index in [1.807, 2.05) is 48.5 Å². The molecule has 4 aromatic carbocycles. The summed E-state index contributed by atoms with van der Waals surface area (Å²) >= 11 is 1.15. The van der Waals surface area contributed by atoms with Gasteiger partial charge in [-0.1, -0.05) is 72.8 Å². The highest BCUT2D eigenvalue weighted by Gasteiger charge is 2.37. The Morgan fingerprint density at radius 2 is 1.67 bits per heavy atom. The number of nitrogens with zero attached hydrogens (tertiary/aromatic N) is 2. The number of carboxylic acid groups (broad SMARTS) is 1. The highest BCUT2D eigenvalue weighted by atomic mass is 32.2. The average Bonchev–Trinajstić information content (AvgIpc) is 2.99. The van der Waals surface area contributed by atoms with Crippen molar-refractivity contribution in [1.29, 1.82) is 0 Å². The molecule has 5 aromatic rings. The van der Waals surface area contributed by atoms with Gasteiger partial charge in [-0.2, -0.15) is 13.2 Å². The second kappa shape index (κ2) is 11.3. The van der Waals surface area contributed by atoms with Crippen molar-refractivity contribution in [1.82, 2.24) is 8.87 Å². The van der Waals surface area contributed by atoms with Crippen LogP contribution in [-0.4, -0.2) is 33.5 Å². The van der Waals surface area contributed by atoms with Crippen molar-refractivity contribution in [2.45, 2.75) is 23.7 Å². The molecular formula is C33H26F3N3O3S. The third-order valence-corrected chi connectivity index (χ3v) is 8.54. The molecule has 218 valence electrons. The minimum atomic E-state index is -4.60. The van der Waals surface area contributed by atoms with Gasteiger partial charge in [-0.05, 0) is 70.7 Å². The van der Waals surface area contributed by atoms with Crippen LogP contribution in [0.1, 0.15) is 22.7 Å². The van der Waals surface area contributed by atoms with E-state index in [4.69, 9.17) is 0 Å². The highest BCUT2D eigenvalue weighted by molar-refractivity contribution is 7.97. The van der Waals surface area contributed by atoms with Crippen LogP contribution in [0.15, 0.2) is 107 Å². The summed E-state index contributed by atoms with van der Waals surface area (Å²) < 4.78 is 44.7. The fraction of sp³-hybridized carbons (Fsp3) is 0.152. The van der Waals surface area contributed by atoms with Gasteiger partial charge in [0.25, 0.3) is 5.56 Å². The van der Waals surface area contributed by atoms with Crippen LogP contribution in [-0.2, 0) is 17.4 Å². The molecule has 0 saturated carbocycles. The third kappa shape index (κ3) is 5.51. The maximum absolute atomic E-state index is 14.3. The number of aromatic nitrogens is 1. The number of para-hydroxylation sites is 1. The Kier molecular flexibility index (Phi) is 7.49. The number of benzene rings is 4. The van der Waals surface area contributed by atoms with Gasteiger partial charge in [0, 0.05) is 24.2 Å². The van der Waals surface area contributed by atoms with Gasteiger partial charge in [0.15, 0.2) is 0 Å². The molecule has 1 aliphatic heterocycles. The number of anilines is 2. The Hall–Kier alpha value is -4.54. The Morgan fingerprint density at radius 1 is 0.977 bits per heavy atom.